The fourth-order valence-corrected chi connectivity index (χ4v) is 3.93. The standard InChI is InChI=1S/C19H12Cl2F9N5/c1-2-3-4-5-34-15-11(13(18(25,26)27)32-16(33-15)19(28,29)30)14(31)35(34)12-9(20)6-8(7-10(12)21)17(22,23)24/h6-7,15H,2,5,31H2,1H3. The van der Waals surface area contributed by atoms with Gasteiger partial charge in [-0.1, -0.05) is 36.0 Å². The van der Waals surface area contributed by atoms with Crippen molar-refractivity contribution in [2.45, 2.75) is 38.0 Å². The molecular weight excluding hydrogens is 540 g/mol. The molecule has 190 valence electrons. The first-order valence-corrected chi connectivity index (χ1v) is 10.1. The number of halogens is 11. The number of nitrogens with two attached hydrogens (primary N) is 1. The van der Waals surface area contributed by atoms with Crippen molar-refractivity contribution in [1.82, 2.24) is 5.01 Å². The zero-order valence-electron chi connectivity index (χ0n) is 17.2. The van der Waals surface area contributed by atoms with E-state index in [1.54, 1.807) is 6.92 Å². The second-order valence-corrected chi connectivity index (χ2v) is 7.80. The monoisotopic (exact) mass is 551 g/mol. The van der Waals surface area contributed by atoms with Crippen LogP contribution < -0.4 is 10.7 Å². The van der Waals surface area contributed by atoms with Crippen LogP contribution in [0.2, 0.25) is 10.0 Å². The van der Waals surface area contributed by atoms with Crippen LogP contribution in [0.4, 0.5) is 45.2 Å². The Morgan fingerprint density at radius 3 is 1.97 bits per heavy atom. The Hall–Kier alpha value is -2.63. The third-order valence-electron chi connectivity index (χ3n) is 4.64. The van der Waals surface area contributed by atoms with Crippen LogP contribution in [0.15, 0.2) is 33.5 Å². The van der Waals surface area contributed by atoms with Gasteiger partial charge in [0.25, 0.3) is 0 Å². The van der Waals surface area contributed by atoms with Gasteiger partial charge >= 0.3 is 18.5 Å². The zero-order chi connectivity index (χ0) is 26.5. The van der Waals surface area contributed by atoms with E-state index in [2.05, 4.69) is 21.8 Å². The maximum Gasteiger partial charge on any atom is 0.451 e. The van der Waals surface area contributed by atoms with Crippen LogP contribution in [-0.4, -0.2) is 41.6 Å². The lowest BCUT2D eigenvalue weighted by molar-refractivity contribution is -0.137. The third-order valence-corrected chi connectivity index (χ3v) is 5.22. The number of hydrogen-bond donors (Lipinski definition) is 1. The van der Waals surface area contributed by atoms with Crippen LogP contribution in [-0.2, 0) is 6.18 Å². The average Bonchev–Trinajstić information content (AvgIpc) is 2.97. The van der Waals surface area contributed by atoms with E-state index in [0.29, 0.717) is 17.1 Å². The van der Waals surface area contributed by atoms with Gasteiger partial charge in [0.15, 0.2) is 11.9 Å². The van der Waals surface area contributed by atoms with E-state index >= 15 is 0 Å². The Labute approximate surface area is 201 Å². The highest BCUT2D eigenvalue weighted by atomic mass is 35.5. The molecule has 0 amide bonds. The zero-order valence-corrected chi connectivity index (χ0v) is 18.7. The van der Waals surface area contributed by atoms with Gasteiger partial charge in [0, 0.05) is 6.42 Å². The van der Waals surface area contributed by atoms with Crippen LogP contribution in [0.3, 0.4) is 0 Å². The minimum absolute atomic E-state index is 0.280. The Kier molecular flexibility index (Phi) is 7.02. The molecule has 35 heavy (non-hydrogen) atoms. The maximum absolute atomic E-state index is 13.7. The molecule has 1 aromatic carbocycles. The summed E-state index contributed by atoms with van der Waals surface area (Å²) in [7, 11) is 0. The van der Waals surface area contributed by atoms with E-state index in [1.165, 1.54) is 0 Å². The molecule has 0 bridgehead atoms. The van der Waals surface area contributed by atoms with E-state index in [1.807, 2.05) is 0 Å². The van der Waals surface area contributed by atoms with Crippen LogP contribution in [0.5, 0.6) is 0 Å². The number of nitrogens with zero attached hydrogens (tertiary/aromatic N) is 4. The molecule has 0 aromatic heterocycles. The summed E-state index contributed by atoms with van der Waals surface area (Å²) in [6.45, 7) is 1.10. The lowest BCUT2D eigenvalue weighted by atomic mass is 10.1. The number of rotatable bonds is 2. The highest BCUT2D eigenvalue weighted by Gasteiger charge is 2.54. The molecule has 1 atom stereocenters. The highest BCUT2D eigenvalue weighted by Crippen LogP contribution is 2.46. The molecule has 0 radical (unpaired) electrons. The van der Waals surface area contributed by atoms with Crippen LogP contribution in [0.1, 0.15) is 18.9 Å². The quantitative estimate of drug-likeness (QED) is 0.366. The summed E-state index contributed by atoms with van der Waals surface area (Å²) in [6, 6.07) is 0.892. The van der Waals surface area contributed by atoms with Crippen molar-refractivity contribution in [1.29, 1.82) is 0 Å². The van der Waals surface area contributed by atoms with Crippen molar-refractivity contribution in [3.8, 4) is 11.8 Å². The van der Waals surface area contributed by atoms with Gasteiger partial charge in [0.05, 0.1) is 33.4 Å². The molecule has 2 aliphatic rings. The molecule has 0 aliphatic carbocycles. The van der Waals surface area contributed by atoms with Gasteiger partial charge in [-0.2, -0.15) is 44.5 Å². The van der Waals surface area contributed by atoms with Gasteiger partial charge in [-0.25, -0.2) is 9.98 Å². The van der Waals surface area contributed by atoms with E-state index < -0.39 is 75.5 Å². The first kappa shape index (κ1) is 27.0. The number of fused-ring (bicyclic) bond motifs is 1. The molecule has 1 aromatic rings. The molecular formula is C19H12Cl2F9N5. The second-order valence-electron chi connectivity index (χ2n) is 6.98. The number of anilines is 1. The largest absolute Gasteiger partial charge is 0.451 e. The molecule has 0 spiro atoms. The van der Waals surface area contributed by atoms with E-state index in [-0.39, 0.29) is 6.42 Å². The van der Waals surface area contributed by atoms with Gasteiger partial charge in [-0.05, 0) is 12.1 Å². The van der Waals surface area contributed by atoms with Gasteiger partial charge in [-0.15, -0.1) is 5.92 Å². The van der Waals surface area contributed by atoms with Crippen molar-refractivity contribution < 1.29 is 39.5 Å². The molecule has 2 heterocycles. The molecule has 0 saturated carbocycles. The van der Waals surface area contributed by atoms with Crippen LogP contribution >= 0.6 is 23.2 Å². The van der Waals surface area contributed by atoms with Crippen molar-refractivity contribution in [2.75, 3.05) is 11.6 Å². The van der Waals surface area contributed by atoms with E-state index in [0.717, 1.165) is 5.01 Å². The summed E-state index contributed by atoms with van der Waals surface area (Å²) in [5.41, 5.74) is 1.19. The SMILES string of the molecule is CCC#CCN1C2N=C(C(F)(F)F)N=C(C(F)(F)F)C2=C(N)N1c1c(Cl)cc(C(F)(F)F)cc1Cl. The first-order chi connectivity index (χ1) is 16.0. The molecule has 3 rings (SSSR count). The third kappa shape index (κ3) is 5.17. The summed E-state index contributed by atoms with van der Waals surface area (Å²) < 4.78 is 121. The molecule has 1 unspecified atom stereocenters. The van der Waals surface area contributed by atoms with Gasteiger partial charge < -0.3 is 5.73 Å². The Bertz CT molecular complexity index is 1160. The van der Waals surface area contributed by atoms with Crippen molar-refractivity contribution >= 4 is 40.4 Å². The lowest BCUT2D eigenvalue weighted by Crippen LogP contribution is -2.47. The van der Waals surface area contributed by atoms with Gasteiger partial charge in [0.1, 0.15) is 5.82 Å². The molecule has 0 fully saturated rings. The van der Waals surface area contributed by atoms with Crippen molar-refractivity contribution in [3.63, 3.8) is 0 Å². The molecule has 5 nitrogen and oxygen atoms in total. The van der Waals surface area contributed by atoms with E-state index in [4.69, 9.17) is 28.9 Å². The molecule has 16 heteroatoms. The normalized spacial score (nSPS) is 19.3. The summed E-state index contributed by atoms with van der Waals surface area (Å²) in [4.78, 5) is 5.94. The Morgan fingerprint density at radius 1 is 0.943 bits per heavy atom. The fraction of sp³-hybridized carbons (Fsp3) is 0.368. The second kappa shape index (κ2) is 9.11. The smallest absolute Gasteiger partial charge is 0.384 e. The van der Waals surface area contributed by atoms with Crippen molar-refractivity contribution in [2.24, 2.45) is 15.7 Å². The van der Waals surface area contributed by atoms with Gasteiger partial charge in [-0.3, -0.25) is 5.01 Å². The molecule has 2 N–H and O–H groups in total. The summed E-state index contributed by atoms with van der Waals surface area (Å²) in [6.07, 6.45) is -17.4. The van der Waals surface area contributed by atoms with Gasteiger partial charge in [0.2, 0.25) is 5.84 Å². The summed E-state index contributed by atoms with van der Waals surface area (Å²) in [5.74, 6) is 2.20. The minimum atomic E-state index is -5.39. The first-order valence-electron chi connectivity index (χ1n) is 9.38. The fourth-order valence-electron chi connectivity index (χ4n) is 3.28. The molecule has 0 saturated heterocycles. The highest BCUT2D eigenvalue weighted by molar-refractivity contribution is 6.39. The number of hydrogen-bond acceptors (Lipinski definition) is 5. The topological polar surface area (TPSA) is 57.2 Å². The number of benzene rings is 1. The van der Waals surface area contributed by atoms with E-state index in [9.17, 15) is 39.5 Å². The summed E-state index contributed by atoms with van der Waals surface area (Å²) >= 11 is 12.0. The van der Waals surface area contributed by atoms with Crippen molar-refractivity contribution in [3.05, 3.63) is 39.1 Å². The maximum atomic E-state index is 13.7. The lowest BCUT2D eigenvalue weighted by Gasteiger charge is -2.33. The van der Waals surface area contributed by atoms with Crippen LogP contribution in [0.25, 0.3) is 0 Å². The minimum Gasteiger partial charge on any atom is -0.384 e. The predicted octanol–water partition coefficient (Wildman–Crippen LogP) is 5.94. The number of aliphatic imine (C=N–C) groups is 2. The number of amidine groups is 1. The Morgan fingerprint density at radius 2 is 1.51 bits per heavy atom. The average molecular weight is 552 g/mol. The van der Waals surface area contributed by atoms with Crippen LogP contribution in [0, 0.1) is 11.8 Å². The Balaban J connectivity index is 2.29. The predicted molar refractivity (Wildman–Crippen MR) is 111 cm³/mol. The number of hydrazine groups is 1. The summed E-state index contributed by atoms with van der Waals surface area (Å²) in [5, 5.41) is 0.0657. The molecule has 2 aliphatic heterocycles. The number of alkyl halides is 9.